The third-order valence-electron chi connectivity index (χ3n) is 4.11. The average Bonchev–Trinajstić information content (AvgIpc) is 2.59. The maximum Gasteiger partial charge on any atom is 0.167 e. The predicted molar refractivity (Wildman–Crippen MR) is 64.4 cm³/mol. The topological polar surface area (TPSA) is 37.3 Å². The Morgan fingerprint density at radius 1 is 1.11 bits per heavy atom. The van der Waals surface area contributed by atoms with E-state index in [0.29, 0.717) is 18.9 Å². The third-order valence-corrected chi connectivity index (χ3v) is 6.23. The fourth-order valence-corrected chi connectivity index (χ4v) is 5.40. The van der Waals surface area contributed by atoms with Crippen LogP contribution in [0.1, 0.15) is 31.2 Å². The van der Waals surface area contributed by atoms with Gasteiger partial charge in [-0.25, -0.2) is 13.2 Å². The van der Waals surface area contributed by atoms with Gasteiger partial charge in [-0.05, 0) is 37.8 Å². The standard InChI is InChI=1S/C13H13F3O2S/c14-9-3-4-10(15)12(16)11(9)13(17)5-7-1-2-8(6-13)19(7)18/h3-4,7-8,17H,1-2,5-6H2. The molecular formula is C13H13F3O2S. The summed E-state index contributed by atoms with van der Waals surface area (Å²) in [6.45, 7) is 0. The monoisotopic (exact) mass is 290 g/mol. The predicted octanol–water partition coefficient (Wildman–Crippen LogP) is 2.37. The second-order valence-corrected chi connectivity index (χ2v) is 7.30. The van der Waals surface area contributed by atoms with E-state index in [4.69, 9.17) is 0 Å². The highest BCUT2D eigenvalue weighted by Crippen LogP contribution is 2.47. The minimum Gasteiger partial charge on any atom is -0.385 e. The Bertz CT molecular complexity index is 545. The fourth-order valence-electron chi connectivity index (χ4n) is 3.24. The van der Waals surface area contributed by atoms with Crippen LogP contribution in [0.3, 0.4) is 0 Å². The van der Waals surface area contributed by atoms with Crippen molar-refractivity contribution in [1.82, 2.24) is 0 Å². The van der Waals surface area contributed by atoms with Crippen molar-refractivity contribution in [3.05, 3.63) is 35.1 Å². The van der Waals surface area contributed by atoms with Gasteiger partial charge in [0.25, 0.3) is 0 Å². The zero-order valence-corrected chi connectivity index (χ0v) is 10.9. The van der Waals surface area contributed by atoms with E-state index in [0.717, 1.165) is 6.07 Å². The molecule has 2 bridgehead atoms. The lowest BCUT2D eigenvalue weighted by molar-refractivity contribution is 0.0108. The van der Waals surface area contributed by atoms with Crippen LogP contribution in [0.5, 0.6) is 0 Å². The van der Waals surface area contributed by atoms with Gasteiger partial charge < -0.3 is 5.11 Å². The molecule has 1 N–H and O–H groups in total. The molecule has 0 saturated carbocycles. The lowest BCUT2D eigenvalue weighted by atomic mass is 9.85. The molecule has 0 aromatic heterocycles. The molecule has 2 saturated heterocycles. The van der Waals surface area contributed by atoms with Gasteiger partial charge in [-0.1, -0.05) is 0 Å². The van der Waals surface area contributed by atoms with E-state index in [9.17, 15) is 22.5 Å². The Labute approximate surface area is 111 Å². The summed E-state index contributed by atoms with van der Waals surface area (Å²) in [4.78, 5) is 0. The molecule has 3 rings (SSSR count). The molecule has 0 aliphatic carbocycles. The molecule has 19 heavy (non-hydrogen) atoms. The lowest BCUT2D eigenvalue weighted by Crippen LogP contribution is -2.41. The number of halogens is 3. The van der Waals surface area contributed by atoms with E-state index in [1.54, 1.807) is 0 Å². The number of hydrogen-bond donors (Lipinski definition) is 1. The van der Waals surface area contributed by atoms with E-state index in [2.05, 4.69) is 0 Å². The van der Waals surface area contributed by atoms with Gasteiger partial charge >= 0.3 is 0 Å². The van der Waals surface area contributed by atoms with Crippen molar-refractivity contribution in [2.24, 2.45) is 0 Å². The Kier molecular flexibility index (Phi) is 2.98. The van der Waals surface area contributed by atoms with Crippen molar-refractivity contribution in [2.75, 3.05) is 0 Å². The Hall–Kier alpha value is -0.880. The summed E-state index contributed by atoms with van der Waals surface area (Å²) in [6, 6.07) is 1.52. The highest BCUT2D eigenvalue weighted by Gasteiger charge is 2.50. The summed E-state index contributed by atoms with van der Waals surface area (Å²) in [7, 11) is -1.06. The zero-order chi connectivity index (χ0) is 13.8. The second-order valence-electron chi connectivity index (χ2n) is 5.31. The number of benzene rings is 1. The van der Waals surface area contributed by atoms with E-state index in [-0.39, 0.29) is 23.3 Å². The maximum atomic E-state index is 13.8. The Balaban J connectivity index is 2.07. The van der Waals surface area contributed by atoms with E-state index in [1.807, 2.05) is 0 Å². The van der Waals surface area contributed by atoms with Gasteiger partial charge in [-0.15, -0.1) is 0 Å². The molecule has 2 aliphatic rings. The minimum atomic E-state index is -1.75. The molecule has 2 nitrogen and oxygen atoms in total. The largest absolute Gasteiger partial charge is 0.385 e. The van der Waals surface area contributed by atoms with Crippen molar-refractivity contribution < 1.29 is 22.5 Å². The highest BCUT2D eigenvalue weighted by atomic mass is 32.2. The van der Waals surface area contributed by atoms with Crippen molar-refractivity contribution in [1.29, 1.82) is 0 Å². The first-order chi connectivity index (χ1) is 8.92. The molecule has 1 aromatic rings. The van der Waals surface area contributed by atoms with Crippen molar-refractivity contribution in [2.45, 2.75) is 41.8 Å². The fraction of sp³-hybridized carbons (Fsp3) is 0.538. The van der Waals surface area contributed by atoms with E-state index >= 15 is 0 Å². The van der Waals surface area contributed by atoms with Gasteiger partial charge in [-0.2, -0.15) is 0 Å². The van der Waals surface area contributed by atoms with Crippen molar-refractivity contribution in [3.8, 4) is 0 Å². The summed E-state index contributed by atoms with van der Waals surface area (Å²) in [5.41, 5.74) is -2.36. The molecule has 1 aromatic carbocycles. The van der Waals surface area contributed by atoms with Crippen LogP contribution in [0, 0.1) is 17.5 Å². The van der Waals surface area contributed by atoms with Crippen LogP contribution >= 0.6 is 0 Å². The smallest absolute Gasteiger partial charge is 0.167 e. The van der Waals surface area contributed by atoms with Gasteiger partial charge in [0.1, 0.15) is 5.82 Å². The van der Waals surface area contributed by atoms with E-state index in [1.165, 1.54) is 0 Å². The van der Waals surface area contributed by atoms with Gasteiger partial charge in [0.15, 0.2) is 11.6 Å². The minimum absolute atomic E-state index is 0.0212. The molecule has 2 atom stereocenters. The summed E-state index contributed by atoms with van der Waals surface area (Å²) < 4.78 is 52.7. The Morgan fingerprint density at radius 3 is 2.21 bits per heavy atom. The van der Waals surface area contributed by atoms with Crippen LogP contribution in [-0.4, -0.2) is 19.8 Å². The Morgan fingerprint density at radius 2 is 1.63 bits per heavy atom. The van der Waals surface area contributed by atoms with Crippen LogP contribution < -0.4 is 0 Å². The molecule has 2 fully saturated rings. The number of hydrogen-bond acceptors (Lipinski definition) is 2. The third kappa shape index (κ3) is 1.92. The van der Waals surface area contributed by atoms with Crippen molar-refractivity contribution >= 4 is 10.8 Å². The first-order valence-electron chi connectivity index (χ1n) is 6.18. The number of fused-ring (bicyclic) bond motifs is 2. The molecule has 2 aliphatic heterocycles. The normalized spacial score (nSPS) is 37.6. The second kappa shape index (κ2) is 4.31. The summed E-state index contributed by atoms with van der Waals surface area (Å²) in [5, 5.41) is 10.0. The molecule has 0 radical (unpaired) electrons. The van der Waals surface area contributed by atoms with Crippen LogP contribution in [0.2, 0.25) is 0 Å². The lowest BCUT2D eigenvalue weighted by Gasteiger charge is -2.36. The highest BCUT2D eigenvalue weighted by molar-refractivity contribution is 7.86. The molecule has 0 amide bonds. The quantitative estimate of drug-likeness (QED) is 0.806. The zero-order valence-electron chi connectivity index (χ0n) is 10.0. The molecule has 0 spiro atoms. The maximum absolute atomic E-state index is 13.8. The van der Waals surface area contributed by atoms with Gasteiger partial charge in [0, 0.05) is 21.3 Å². The first-order valence-corrected chi connectivity index (χ1v) is 7.46. The van der Waals surface area contributed by atoms with Crippen LogP contribution in [0.15, 0.2) is 12.1 Å². The van der Waals surface area contributed by atoms with Crippen LogP contribution in [0.4, 0.5) is 13.2 Å². The molecule has 6 heteroatoms. The molecule has 104 valence electrons. The molecule has 2 unspecified atom stereocenters. The van der Waals surface area contributed by atoms with Gasteiger partial charge in [-0.3, -0.25) is 4.21 Å². The first kappa shape index (κ1) is 13.1. The van der Waals surface area contributed by atoms with Crippen LogP contribution in [0.25, 0.3) is 0 Å². The average molecular weight is 290 g/mol. The summed E-state index contributed by atoms with van der Waals surface area (Å²) in [6.07, 6.45) is 1.40. The molecule has 2 heterocycles. The molecular weight excluding hydrogens is 277 g/mol. The van der Waals surface area contributed by atoms with Crippen LogP contribution in [-0.2, 0) is 16.4 Å². The van der Waals surface area contributed by atoms with Gasteiger partial charge in [0.05, 0.1) is 11.2 Å². The number of aliphatic hydroxyl groups is 1. The van der Waals surface area contributed by atoms with Gasteiger partial charge in [0.2, 0.25) is 0 Å². The summed E-state index contributed by atoms with van der Waals surface area (Å²) >= 11 is 0. The van der Waals surface area contributed by atoms with Crippen molar-refractivity contribution in [3.63, 3.8) is 0 Å². The summed E-state index contributed by atoms with van der Waals surface area (Å²) in [5.74, 6) is -3.47. The number of rotatable bonds is 1. The SMILES string of the molecule is O=S1C2CCC1CC(O)(c1c(F)ccc(F)c1F)C2. The van der Waals surface area contributed by atoms with E-state index < -0.39 is 39.4 Å².